The molecular formula is C18H23NO3. The average molecular weight is 301 g/mol. The minimum absolute atomic E-state index is 0.0532. The van der Waals surface area contributed by atoms with E-state index in [-0.39, 0.29) is 12.6 Å². The van der Waals surface area contributed by atoms with Gasteiger partial charge in [0.25, 0.3) is 0 Å². The number of rotatable bonds is 7. The largest absolute Gasteiger partial charge is 0.493 e. The highest BCUT2D eigenvalue weighted by Crippen LogP contribution is 2.31. The van der Waals surface area contributed by atoms with E-state index in [9.17, 15) is 5.11 Å². The van der Waals surface area contributed by atoms with Crippen LogP contribution in [-0.4, -0.2) is 18.8 Å². The Balaban J connectivity index is 2.16. The molecule has 0 aliphatic carbocycles. The SMILES string of the molecule is CCOc1cc(NC(C)c2cccc(CO)c2)ccc1OC. The maximum absolute atomic E-state index is 9.24. The molecule has 2 rings (SSSR count). The lowest BCUT2D eigenvalue weighted by molar-refractivity contribution is 0.281. The molecule has 1 atom stereocenters. The fraction of sp³-hybridized carbons (Fsp3) is 0.333. The summed E-state index contributed by atoms with van der Waals surface area (Å²) >= 11 is 0. The summed E-state index contributed by atoms with van der Waals surface area (Å²) in [6, 6.07) is 13.8. The number of aliphatic hydroxyl groups excluding tert-OH is 1. The van der Waals surface area contributed by atoms with Crippen LogP contribution in [0.4, 0.5) is 5.69 Å². The fourth-order valence-electron chi connectivity index (χ4n) is 2.33. The van der Waals surface area contributed by atoms with Gasteiger partial charge in [-0.2, -0.15) is 0 Å². The summed E-state index contributed by atoms with van der Waals surface area (Å²) in [4.78, 5) is 0. The molecule has 0 aliphatic rings. The van der Waals surface area contributed by atoms with E-state index in [4.69, 9.17) is 9.47 Å². The standard InChI is InChI=1S/C18H23NO3/c1-4-22-18-11-16(8-9-17(18)21-3)19-13(2)15-7-5-6-14(10-15)12-20/h5-11,13,19-20H,4,12H2,1-3H3. The zero-order valence-corrected chi connectivity index (χ0v) is 13.3. The van der Waals surface area contributed by atoms with Gasteiger partial charge < -0.3 is 19.9 Å². The van der Waals surface area contributed by atoms with Crippen LogP contribution in [0.15, 0.2) is 42.5 Å². The monoisotopic (exact) mass is 301 g/mol. The van der Waals surface area contributed by atoms with E-state index >= 15 is 0 Å². The van der Waals surface area contributed by atoms with Gasteiger partial charge in [-0.3, -0.25) is 0 Å². The number of hydrogen-bond acceptors (Lipinski definition) is 4. The van der Waals surface area contributed by atoms with Crippen LogP contribution in [0.3, 0.4) is 0 Å². The van der Waals surface area contributed by atoms with E-state index < -0.39 is 0 Å². The highest BCUT2D eigenvalue weighted by Gasteiger charge is 2.09. The van der Waals surface area contributed by atoms with Gasteiger partial charge in [-0.05, 0) is 37.1 Å². The topological polar surface area (TPSA) is 50.7 Å². The number of ether oxygens (including phenoxy) is 2. The zero-order valence-electron chi connectivity index (χ0n) is 13.3. The second kappa shape index (κ2) is 7.71. The normalized spacial score (nSPS) is 11.8. The van der Waals surface area contributed by atoms with E-state index in [1.807, 2.05) is 49.4 Å². The number of benzene rings is 2. The highest BCUT2D eigenvalue weighted by atomic mass is 16.5. The zero-order chi connectivity index (χ0) is 15.9. The first-order valence-electron chi connectivity index (χ1n) is 7.45. The van der Waals surface area contributed by atoms with Gasteiger partial charge >= 0.3 is 0 Å². The van der Waals surface area contributed by atoms with Crippen LogP contribution in [0, 0.1) is 0 Å². The molecule has 4 nitrogen and oxygen atoms in total. The Bertz CT molecular complexity index is 613. The van der Waals surface area contributed by atoms with Crippen molar-refractivity contribution >= 4 is 5.69 Å². The Morgan fingerprint density at radius 2 is 1.95 bits per heavy atom. The highest BCUT2D eigenvalue weighted by molar-refractivity contribution is 5.55. The van der Waals surface area contributed by atoms with E-state index in [1.165, 1.54) is 0 Å². The molecule has 0 fully saturated rings. The predicted octanol–water partition coefficient (Wildman–Crippen LogP) is 3.76. The smallest absolute Gasteiger partial charge is 0.163 e. The molecule has 4 heteroatoms. The third-order valence-electron chi connectivity index (χ3n) is 3.48. The van der Waals surface area contributed by atoms with Gasteiger partial charge in [0.1, 0.15) is 0 Å². The van der Waals surface area contributed by atoms with Crippen molar-refractivity contribution in [1.29, 1.82) is 0 Å². The van der Waals surface area contributed by atoms with Crippen molar-refractivity contribution in [2.45, 2.75) is 26.5 Å². The van der Waals surface area contributed by atoms with Crippen LogP contribution in [0.5, 0.6) is 11.5 Å². The van der Waals surface area contributed by atoms with Gasteiger partial charge in [-0.1, -0.05) is 24.3 Å². The summed E-state index contributed by atoms with van der Waals surface area (Å²) in [5.74, 6) is 1.45. The Hall–Kier alpha value is -2.20. The molecule has 2 aromatic carbocycles. The predicted molar refractivity (Wildman–Crippen MR) is 88.6 cm³/mol. The minimum Gasteiger partial charge on any atom is -0.493 e. The van der Waals surface area contributed by atoms with Gasteiger partial charge in [-0.15, -0.1) is 0 Å². The molecule has 0 bridgehead atoms. The van der Waals surface area contributed by atoms with Gasteiger partial charge in [0.2, 0.25) is 0 Å². The van der Waals surface area contributed by atoms with E-state index in [0.717, 1.165) is 28.3 Å². The van der Waals surface area contributed by atoms with Crippen LogP contribution in [-0.2, 0) is 6.61 Å². The molecule has 0 radical (unpaired) electrons. The molecule has 2 N–H and O–H groups in total. The van der Waals surface area contributed by atoms with Gasteiger partial charge in [0, 0.05) is 17.8 Å². The number of anilines is 1. The number of aliphatic hydroxyl groups is 1. The first-order valence-corrected chi connectivity index (χ1v) is 7.45. The molecule has 1 unspecified atom stereocenters. The second-order valence-corrected chi connectivity index (χ2v) is 5.07. The van der Waals surface area contributed by atoms with Gasteiger partial charge in [-0.25, -0.2) is 0 Å². The lowest BCUT2D eigenvalue weighted by Crippen LogP contribution is -2.07. The first-order chi connectivity index (χ1) is 10.7. The van der Waals surface area contributed by atoms with Gasteiger partial charge in [0.05, 0.1) is 20.3 Å². The maximum Gasteiger partial charge on any atom is 0.163 e. The fourth-order valence-corrected chi connectivity index (χ4v) is 2.33. The molecule has 0 spiro atoms. The van der Waals surface area contributed by atoms with Crippen molar-refractivity contribution in [2.75, 3.05) is 19.0 Å². The Morgan fingerprint density at radius 1 is 1.14 bits per heavy atom. The van der Waals surface area contributed by atoms with Crippen LogP contribution in [0.25, 0.3) is 0 Å². The van der Waals surface area contributed by atoms with E-state index in [2.05, 4.69) is 12.2 Å². The molecule has 0 saturated carbocycles. The Labute approximate surface area is 131 Å². The van der Waals surface area contributed by atoms with Crippen LogP contribution >= 0.6 is 0 Å². The average Bonchev–Trinajstić information content (AvgIpc) is 2.55. The third kappa shape index (κ3) is 3.92. The molecule has 0 aromatic heterocycles. The molecule has 2 aromatic rings. The molecule has 0 aliphatic heterocycles. The molecule has 0 amide bonds. The molecule has 118 valence electrons. The lowest BCUT2D eigenvalue weighted by atomic mass is 10.1. The summed E-state index contributed by atoms with van der Waals surface area (Å²) in [6.07, 6.45) is 0. The third-order valence-corrected chi connectivity index (χ3v) is 3.48. The molecule has 0 saturated heterocycles. The molecular weight excluding hydrogens is 278 g/mol. The first kappa shape index (κ1) is 16.2. The summed E-state index contributed by atoms with van der Waals surface area (Å²) in [5.41, 5.74) is 3.00. The summed E-state index contributed by atoms with van der Waals surface area (Å²) in [5, 5.41) is 12.7. The summed E-state index contributed by atoms with van der Waals surface area (Å²) in [6.45, 7) is 4.68. The maximum atomic E-state index is 9.24. The van der Waals surface area contributed by atoms with Crippen molar-refractivity contribution in [3.8, 4) is 11.5 Å². The van der Waals surface area contributed by atoms with Crippen molar-refractivity contribution in [1.82, 2.24) is 0 Å². The van der Waals surface area contributed by atoms with Crippen molar-refractivity contribution < 1.29 is 14.6 Å². The van der Waals surface area contributed by atoms with E-state index in [1.54, 1.807) is 7.11 Å². The molecule has 22 heavy (non-hydrogen) atoms. The Morgan fingerprint density at radius 3 is 2.64 bits per heavy atom. The lowest BCUT2D eigenvalue weighted by Gasteiger charge is -2.18. The summed E-state index contributed by atoms with van der Waals surface area (Å²) in [7, 11) is 1.63. The summed E-state index contributed by atoms with van der Waals surface area (Å²) < 4.78 is 10.9. The van der Waals surface area contributed by atoms with Gasteiger partial charge in [0.15, 0.2) is 11.5 Å². The number of nitrogens with one attached hydrogen (secondary N) is 1. The number of hydrogen-bond donors (Lipinski definition) is 2. The Kier molecular flexibility index (Phi) is 5.67. The second-order valence-electron chi connectivity index (χ2n) is 5.07. The van der Waals surface area contributed by atoms with Crippen LogP contribution < -0.4 is 14.8 Å². The minimum atomic E-state index is 0.0532. The van der Waals surface area contributed by atoms with E-state index in [0.29, 0.717) is 6.61 Å². The number of methoxy groups -OCH3 is 1. The quantitative estimate of drug-likeness (QED) is 0.817. The van der Waals surface area contributed by atoms with Crippen molar-refractivity contribution in [2.24, 2.45) is 0 Å². The van der Waals surface area contributed by atoms with Crippen LogP contribution in [0.2, 0.25) is 0 Å². The molecule has 0 heterocycles. The van der Waals surface area contributed by atoms with Crippen molar-refractivity contribution in [3.63, 3.8) is 0 Å². The van der Waals surface area contributed by atoms with Crippen molar-refractivity contribution in [3.05, 3.63) is 53.6 Å². The van der Waals surface area contributed by atoms with Crippen LogP contribution in [0.1, 0.15) is 31.0 Å².